The number of methoxy groups -OCH3 is 1. The number of hydrogen-bond donors (Lipinski definition) is 2. The lowest BCUT2D eigenvalue weighted by atomic mass is 10.1. The Morgan fingerprint density at radius 3 is 2.96 bits per heavy atom. The van der Waals surface area contributed by atoms with Gasteiger partial charge in [-0.1, -0.05) is 24.9 Å². The first-order valence-electron chi connectivity index (χ1n) is 8.65. The monoisotopic (exact) mass is 354 g/mol. The second kappa shape index (κ2) is 9.74. The molecule has 2 N–H and O–H groups in total. The molecule has 1 heterocycles. The van der Waals surface area contributed by atoms with Crippen LogP contribution in [0.4, 0.5) is 0 Å². The van der Waals surface area contributed by atoms with Crippen molar-refractivity contribution in [2.24, 2.45) is 5.92 Å². The molecule has 2 rings (SSSR count). The highest BCUT2D eigenvalue weighted by Gasteiger charge is 2.17. The molecule has 24 heavy (non-hydrogen) atoms. The molecule has 134 valence electrons. The molecule has 5 nitrogen and oxygen atoms in total. The molecule has 0 radical (unpaired) electrons. The van der Waals surface area contributed by atoms with Crippen molar-refractivity contribution >= 4 is 17.5 Å². The summed E-state index contributed by atoms with van der Waals surface area (Å²) in [5.74, 6) is 1.50. The van der Waals surface area contributed by atoms with Crippen molar-refractivity contribution in [3.8, 4) is 11.5 Å². The van der Waals surface area contributed by atoms with Crippen LogP contribution < -0.4 is 20.1 Å². The first-order chi connectivity index (χ1) is 11.7. The van der Waals surface area contributed by atoms with E-state index in [0.29, 0.717) is 41.2 Å². The van der Waals surface area contributed by atoms with Gasteiger partial charge in [0.05, 0.1) is 18.7 Å². The van der Waals surface area contributed by atoms with Crippen LogP contribution in [0.15, 0.2) is 12.1 Å². The van der Waals surface area contributed by atoms with E-state index in [2.05, 4.69) is 17.6 Å². The van der Waals surface area contributed by atoms with Crippen molar-refractivity contribution in [1.82, 2.24) is 10.6 Å². The first kappa shape index (κ1) is 18.9. The lowest BCUT2D eigenvalue weighted by Gasteiger charge is -2.14. The van der Waals surface area contributed by atoms with E-state index >= 15 is 0 Å². The summed E-state index contributed by atoms with van der Waals surface area (Å²) in [6.45, 7) is 5.45. The van der Waals surface area contributed by atoms with Crippen LogP contribution in [0, 0.1) is 5.92 Å². The Bertz CT molecular complexity index is 545. The number of hydrogen-bond acceptors (Lipinski definition) is 4. The second-order valence-electron chi connectivity index (χ2n) is 6.09. The smallest absolute Gasteiger partial charge is 0.251 e. The molecule has 1 fully saturated rings. The van der Waals surface area contributed by atoms with Gasteiger partial charge in [-0.05, 0) is 50.4 Å². The predicted octanol–water partition coefficient (Wildman–Crippen LogP) is 3.26. The molecular formula is C18H27ClN2O3. The molecule has 1 aliphatic heterocycles. The van der Waals surface area contributed by atoms with Gasteiger partial charge in [0.15, 0.2) is 11.5 Å². The quantitative estimate of drug-likeness (QED) is 0.668. The minimum absolute atomic E-state index is 0.138. The molecule has 0 spiro atoms. The minimum Gasteiger partial charge on any atom is -0.493 e. The summed E-state index contributed by atoms with van der Waals surface area (Å²) in [7, 11) is 1.55. The Labute approximate surface area is 149 Å². The Balaban J connectivity index is 1.95. The molecule has 6 heteroatoms. The van der Waals surface area contributed by atoms with Crippen molar-refractivity contribution in [1.29, 1.82) is 0 Å². The Hall–Kier alpha value is -1.46. The highest BCUT2D eigenvalue weighted by Crippen LogP contribution is 2.36. The van der Waals surface area contributed by atoms with Crippen molar-refractivity contribution in [3.05, 3.63) is 22.7 Å². The van der Waals surface area contributed by atoms with Crippen LogP contribution in [0.3, 0.4) is 0 Å². The molecule has 1 saturated heterocycles. The standard InChI is InChI=1S/C18H27ClN2O3/c1-3-4-9-24-17-15(19)10-14(11-16(17)23-2)18(22)21-8-6-13-5-7-20-12-13/h10-11,13,20H,3-9,12H2,1-2H3,(H,21,22). The lowest BCUT2D eigenvalue weighted by molar-refractivity contribution is 0.0951. The lowest BCUT2D eigenvalue weighted by Crippen LogP contribution is -2.26. The third-order valence-electron chi connectivity index (χ3n) is 4.24. The normalized spacial score (nSPS) is 16.9. The number of carbonyl (C=O) groups is 1. The van der Waals surface area contributed by atoms with Gasteiger partial charge < -0.3 is 20.1 Å². The summed E-state index contributed by atoms with van der Waals surface area (Å²) in [5.41, 5.74) is 0.490. The van der Waals surface area contributed by atoms with E-state index < -0.39 is 0 Å². The van der Waals surface area contributed by atoms with Gasteiger partial charge in [-0.25, -0.2) is 0 Å². The maximum absolute atomic E-state index is 12.3. The van der Waals surface area contributed by atoms with Gasteiger partial charge in [-0.2, -0.15) is 0 Å². The molecule has 1 aliphatic rings. The molecule has 1 atom stereocenters. The average molecular weight is 355 g/mol. The van der Waals surface area contributed by atoms with Crippen molar-refractivity contribution < 1.29 is 14.3 Å². The molecular weight excluding hydrogens is 328 g/mol. The van der Waals surface area contributed by atoms with Crippen LogP contribution in [0.25, 0.3) is 0 Å². The number of nitrogens with one attached hydrogen (secondary N) is 2. The Morgan fingerprint density at radius 2 is 2.29 bits per heavy atom. The molecule has 0 bridgehead atoms. The van der Waals surface area contributed by atoms with Gasteiger partial charge in [0.2, 0.25) is 0 Å². The zero-order valence-corrected chi connectivity index (χ0v) is 15.2. The topological polar surface area (TPSA) is 59.6 Å². The summed E-state index contributed by atoms with van der Waals surface area (Å²) < 4.78 is 11.0. The average Bonchev–Trinajstić information content (AvgIpc) is 3.09. The van der Waals surface area contributed by atoms with Crippen molar-refractivity contribution in [2.45, 2.75) is 32.6 Å². The van der Waals surface area contributed by atoms with Gasteiger partial charge in [-0.15, -0.1) is 0 Å². The van der Waals surface area contributed by atoms with E-state index in [-0.39, 0.29) is 5.91 Å². The largest absolute Gasteiger partial charge is 0.493 e. The third-order valence-corrected chi connectivity index (χ3v) is 4.52. The van der Waals surface area contributed by atoms with E-state index in [4.69, 9.17) is 21.1 Å². The molecule has 1 unspecified atom stereocenters. The number of amides is 1. The molecule has 0 saturated carbocycles. The number of carbonyl (C=O) groups excluding carboxylic acids is 1. The van der Waals surface area contributed by atoms with Crippen LogP contribution in [0.1, 0.15) is 43.0 Å². The van der Waals surface area contributed by atoms with Crippen LogP contribution in [-0.4, -0.2) is 39.3 Å². The summed E-state index contributed by atoms with van der Waals surface area (Å²) >= 11 is 6.28. The fourth-order valence-electron chi connectivity index (χ4n) is 2.76. The van der Waals surface area contributed by atoms with Crippen LogP contribution in [0.2, 0.25) is 5.02 Å². The molecule has 0 aromatic heterocycles. The van der Waals surface area contributed by atoms with Crippen LogP contribution in [0.5, 0.6) is 11.5 Å². The zero-order valence-electron chi connectivity index (χ0n) is 14.5. The molecule has 0 aliphatic carbocycles. The van der Waals surface area contributed by atoms with E-state index in [1.807, 2.05) is 0 Å². The fraction of sp³-hybridized carbons (Fsp3) is 0.611. The number of rotatable bonds is 9. The maximum Gasteiger partial charge on any atom is 0.251 e. The number of benzene rings is 1. The molecule has 1 aromatic carbocycles. The molecule has 1 amide bonds. The Kier molecular flexibility index (Phi) is 7.66. The van der Waals surface area contributed by atoms with Gasteiger partial charge in [0.25, 0.3) is 5.91 Å². The predicted molar refractivity (Wildman–Crippen MR) is 96.3 cm³/mol. The Morgan fingerprint density at radius 1 is 1.46 bits per heavy atom. The SMILES string of the molecule is CCCCOc1c(Cl)cc(C(=O)NCCC2CCNC2)cc1OC. The van der Waals surface area contributed by atoms with Gasteiger partial charge in [0.1, 0.15) is 0 Å². The third kappa shape index (κ3) is 5.28. The van der Waals surface area contributed by atoms with E-state index in [1.54, 1.807) is 19.2 Å². The summed E-state index contributed by atoms with van der Waals surface area (Å²) in [4.78, 5) is 12.3. The molecule has 1 aromatic rings. The van der Waals surface area contributed by atoms with Gasteiger partial charge in [0, 0.05) is 12.1 Å². The second-order valence-corrected chi connectivity index (χ2v) is 6.50. The van der Waals surface area contributed by atoms with Gasteiger partial charge >= 0.3 is 0 Å². The highest BCUT2D eigenvalue weighted by molar-refractivity contribution is 6.32. The fourth-order valence-corrected chi connectivity index (χ4v) is 3.03. The van der Waals surface area contributed by atoms with Crippen molar-refractivity contribution in [2.75, 3.05) is 33.4 Å². The van der Waals surface area contributed by atoms with E-state index in [1.165, 1.54) is 6.42 Å². The summed E-state index contributed by atoms with van der Waals surface area (Å²) in [6, 6.07) is 3.32. The minimum atomic E-state index is -0.138. The van der Waals surface area contributed by atoms with Crippen LogP contribution >= 0.6 is 11.6 Å². The van der Waals surface area contributed by atoms with Crippen LogP contribution in [-0.2, 0) is 0 Å². The number of ether oxygens (including phenoxy) is 2. The number of halogens is 1. The highest BCUT2D eigenvalue weighted by atomic mass is 35.5. The summed E-state index contributed by atoms with van der Waals surface area (Å²) in [5, 5.41) is 6.68. The summed E-state index contributed by atoms with van der Waals surface area (Å²) in [6.07, 6.45) is 4.15. The zero-order chi connectivity index (χ0) is 17.4. The maximum atomic E-state index is 12.3. The number of unbranched alkanes of at least 4 members (excludes halogenated alkanes) is 1. The van der Waals surface area contributed by atoms with Gasteiger partial charge in [-0.3, -0.25) is 4.79 Å². The first-order valence-corrected chi connectivity index (χ1v) is 9.02. The van der Waals surface area contributed by atoms with Crippen molar-refractivity contribution in [3.63, 3.8) is 0 Å². The van der Waals surface area contributed by atoms with E-state index in [9.17, 15) is 4.79 Å². The van der Waals surface area contributed by atoms with E-state index in [0.717, 1.165) is 32.4 Å².